The van der Waals surface area contributed by atoms with Crippen molar-refractivity contribution in [3.8, 4) is 67.9 Å². The van der Waals surface area contributed by atoms with Crippen molar-refractivity contribution in [2.75, 3.05) is 0 Å². The van der Waals surface area contributed by atoms with Crippen molar-refractivity contribution in [2.24, 2.45) is 0 Å². The van der Waals surface area contributed by atoms with Crippen molar-refractivity contribution in [3.63, 3.8) is 0 Å². The van der Waals surface area contributed by atoms with Gasteiger partial charge in [0.1, 0.15) is 5.65 Å². The van der Waals surface area contributed by atoms with E-state index in [0.717, 1.165) is 192 Å². The monoisotopic (exact) mass is 2160 g/mol. The van der Waals surface area contributed by atoms with Crippen LogP contribution in [0.1, 0.15) is 0 Å². The Balaban J connectivity index is 0.000000111. The van der Waals surface area contributed by atoms with E-state index in [0.29, 0.717) is 34.5 Å². The summed E-state index contributed by atoms with van der Waals surface area (Å²) in [6.45, 7) is 0. The predicted molar refractivity (Wildman–Crippen MR) is 482 cm³/mol. The first kappa shape index (κ1) is 76.8. The summed E-state index contributed by atoms with van der Waals surface area (Å²) < 4.78 is 31.5. The molecule has 0 radical (unpaired) electrons. The third-order valence-electron chi connectivity index (χ3n) is 23.1. The van der Waals surface area contributed by atoms with Crippen molar-refractivity contribution in [1.29, 1.82) is 0 Å². The molecule has 0 bridgehead atoms. The molecular formula is C104H56N16O3Pt3. The van der Waals surface area contributed by atoms with Crippen LogP contribution in [0, 0.1) is 36.4 Å². The number of hydrogen-bond acceptors (Lipinski definition) is 13. The van der Waals surface area contributed by atoms with E-state index in [1.54, 1.807) is 37.2 Å². The number of pyridine rings is 8. The first-order valence-corrected chi connectivity index (χ1v) is 39.9. The van der Waals surface area contributed by atoms with Crippen molar-refractivity contribution < 1.29 is 77.4 Å². The molecule has 0 aliphatic heterocycles. The van der Waals surface area contributed by atoms with Gasteiger partial charge in [-0.25, -0.2) is 4.98 Å². The molecule has 27 rings (SSSR count). The second kappa shape index (κ2) is 31.3. The number of imidazole rings is 6. The van der Waals surface area contributed by atoms with Crippen LogP contribution in [-0.4, -0.2) is 76.2 Å². The molecule has 0 unspecified atom stereocenters. The smallest absolute Gasteiger partial charge is 0.497 e. The maximum absolute atomic E-state index is 6.36. The van der Waals surface area contributed by atoms with Gasteiger partial charge in [0.15, 0.2) is 0 Å². The Morgan fingerprint density at radius 2 is 0.524 bits per heavy atom. The van der Waals surface area contributed by atoms with Crippen LogP contribution in [0.5, 0.6) is 34.5 Å². The van der Waals surface area contributed by atoms with E-state index in [2.05, 4.69) is 234 Å². The van der Waals surface area contributed by atoms with Gasteiger partial charge in [0, 0.05) is 179 Å². The molecule has 0 saturated carbocycles. The number of nitrogens with zero attached hydrogens (tertiary/aromatic N) is 16. The fourth-order valence-electron chi connectivity index (χ4n) is 17.9. The summed E-state index contributed by atoms with van der Waals surface area (Å²) in [4.78, 5) is 46.0. The number of aromatic nitrogens is 16. The van der Waals surface area contributed by atoms with Crippen LogP contribution < -0.4 is 14.2 Å². The van der Waals surface area contributed by atoms with Crippen molar-refractivity contribution in [3.05, 3.63) is 378 Å². The molecule has 126 heavy (non-hydrogen) atoms. The van der Waals surface area contributed by atoms with E-state index in [9.17, 15) is 0 Å². The number of rotatable bonds is 9. The van der Waals surface area contributed by atoms with Crippen molar-refractivity contribution in [2.45, 2.75) is 0 Å². The van der Waals surface area contributed by atoms with Gasteiger partial charge in [-0.3, -0.25) is 44.9 Å². The Labute approximate surface area is 757 Å². The van der Waals surface area contributed by atoms with E-state index in [4.69, 9.17) is 29.2 Å². The Morgan fingerprint density at radius 1 is 0.206 bits per heavy atom. The van der Waals surface area contributed by atoms with Gasteiger partial charge in [-0.05, 0) is 56.4 Å². The molecule has 0 aliphatic rings. The van der Waals surface area contributed by atoms with Gasteiger partial charge in [-0.1, -0.05) is 283 Å². The number of ether oxygens (including phenoxy) is 3. The predicted octanol–water partition coefficient (Wildman–Crippen LogP) is 23.5. The van der Waals surface area contributed by atoms with E-state index in [1.807, 2.05) is 168 Å². The molecule has 0 N–H and O–H groups in total. The Hall–Kier alpha value is -15.3. The average Bonchev–Trinajstić information content (AvgIpc) is 1.38. The van der Waals surface area contributed by atoms with Gasteiger partial charge in [0.05, 0.1) is 50.4 Å². The van der Waals surface area contributed by atoms with Crippen LogP contribution in [0.4, 0.5) is 0 Å². The fraction of sp³-hybridized carbons (Fsp3) is 0. The summed E-state index contributed by atoms with van der Waals surface area (Å²) in [6.07, 6.45) is 31.5. The maximum atomic E-state index is 6.36. The quantitative estimate of drug-likeness (QED) is 0.0983. The molecule has 15 heterocycles. The van der Waals surface area contributed by atoms with Crippen LogP contribution in [-0.2, 0) is 63.2 Å². The van der Waals surface area contributed by atoms with Gasteiger partial charge < -0.3 is 40.6 Å². The topological polar surface area (TPSA) is 183 Å². The van der Waals surface area contributed by atoms with Gasteiger partial charge in [0.25, 0.3) is 0 Å². The molecule has 19 nitrogen and oxygen atoms in total. The Kier molecular flexibility index (Phi) is 19.1. The third kappa shape index (κ3) is 12.5. The first-order chi connectivity index (χ1) is 61.0. The molecule has 0 saturated heterocycles. The minimum Gasteiger partial charge on any atom is -0.497 e. The van der Waals surface area contributed by atoms with Gasteiger partial charge in [0.2, 0.25) is 0 Å². The number of benzene rings is 12. The summed E-state index contributed by atoms with van der Waals surface area (Å²) in [6, 6.07) is 101. The fourth-order valence-corrected chi connectivity index (χ4v) is 17.9. The van der Waals surface area contributed by atoms with Crippen LogP contribution >= 0.6 is 0 Å². The summed E-state index contributed by atoms with van der Waals surface area (Å²) in [5.74, 6) is 3.50. The largest absolute Gasteiger partial charge is 2.00 e. The molecule has 27 aromatic rings. The minimum absolute atomic E-state index is 0. The molecule has 22 heteroatoms. The van der Waals surface area contributed by atoms with Gasteiger partial charge in [-0.15, -0.1) is 36.4 Å². The second-order valence-corrected chi connectivity index (χ2v) is 29.9. The van der Waals surface area contributed by atoms with Gasteiger partial charge >= 0.3 is 63.2 Å². The minimum atomic E-state index is 0. The zero-order chi connectivity index (χ0) is 80.7. The molecular weight excluding hydrogens is 2110 g/mol. The molecule has 0 amide bonds. The number of fused-ring (bicyclic) bond motifs is 36. The molecule has 600 valence electrons. The first-order valence-electron chi connectivity index (χ1n) is 39.9. The molecule has 0 spiro atoms. The number of para-hydroxylation sites is 3. The second-order valence-electron chi connectivity index (χ2n) is 29.9. The molecule has 15 aromatic heterocycles. The van der Waals surface area contributed by atoms with Crippen molar-refractivity contribution >= 4 is 164 Å². The molecule has 0 fully saturated rings. The van der Waals surface area contributed by atoms with Crippen LogP contribution in [0.2, 0.25) is 0 Å². The number of hydrogen-bond donors (Lipinski definition) is 0. The molecule has 12 aromatic carbocycles. The van der Waals surface area contributed by atoms with Crippen molar-refractivity contribution in [1.82, 2.24) is 76.2 Å². The molecule has 0 atom stereocenters. The zero-order valence-electron chi connectivity index (χ0n) is 65.7. The molecule has 0 aliphatic carbocycles. The summed E-state index contributed by atoms with van der Waals surface area (Å²) >= 11 is 0. The third-order valence-corrected chi connectivity index (χ3v) is 23.1. The average molecular weight is 2160 g/mol. The SMILES string of the molecule is [Pt+2].[Pt+2].[Pt+2].[c-]1c(Oc2[c-]c3c(cc2)c2cccc(-c4ccccc4)c2n2ccnc32)ccc2c1c1nccn1c1cccnc21.[c-]1c(Oc2[c-]c3c(cc2)c2cccc(-c4ccccc4)c2n2ccnc32)ccc2c1c1nccn1c1ccncc21.[c-]1c(Oc2[c-]c3c(cc2)c2cccc(-c4ccccc4)c2n2ccnc32)ccc2c1c1nccn1c1nccnc21. The van der Waals surface area contributed by atoms with E-state index < -0.39 is 0 Å². The zero-order valence-corrected chi connectivity index (χ0v) is 72.5. The normalized spacial score (nSPS) is 11.6. The standard InChI is InChI=1S/2C35H19N5O.C34H18N6O.3Pt/c1-2-6-22(7-3-1)25-8-4-9-28-26-13-11-23(20-29(26)35-38-17-19-40(35)33(25)28)41-24-12-14-27-30(21-24)34-37-16-18-39(34)31-10-5-15-36-32(27)31;1-2-5-22(6-3-1)25-7-4-8-28-26-11-9-23(19-29(26)35-38-16-18-40(35)33(25)28)41-24-10-12-27-30(20-24)34-37-15-17-39(34)32-13-14-36-21-31(27)32;1-2-5-21(6-3-1)24-7-4-8-27-25-11-9-22(19-28(25)32-37-15-17-39(32)31(24)27)41-23-10-12-26-29(20-23)33-38-16-18-40(33)34-30(26)35-13-14-36-34;;;/h1-19H;1-18,21H;1-18H;;;/q3*-2;3*+2. The van der Waals surface area contributed by atoms with Crippen LogP contribution in [0.25, 0.3) is 198 Å². The maximum Gasteiger partial charge on any atom is 2.00 e. The van der Waals surface area contributed by atoms with E-state index in [1.165, 1.54) is 5.56 Å². The van der Waals surface area contributed by atoms with Crippen LogP contribution in [0.3, 0.4) is 0 Å². The summed E-state index contributed by atoms with van der Waals surface area (Å²) in [5.41, 5.74) is 19.7. The van der Waals surface area contributed by atoms with Crippen LogP contribution in [0.15, 0.2) is 342 Å². The Bertz CT molecular complexity index is 8230. The van der Waals surface area contributed by atoms with Gasteiger partial charge in [-0.2, -0.15) is 0 Å². The van der Waals surface area contributed by atoms with E-state index in [-0.39, 0.29) is 63.2 Å². The summed E-state index contributed by atoms with van der Waals surface area (Å²) in [5, 5.41) is 15.8. The summed E-state index contributed by atoms with van der Waals surface area (Å²) in [7, 11) is 0. The Morgan fingerprint density at radius 3 is 0.937 bits per heavy atom. The van der Waals surface area contributed by atoms with E-state index >= 15 is 0 Å².